The van der Waals surface area contributed by atoms with Crippen LogP contribution in [0.15, 0.2) is 185 Å². The van der Waals surface area contributed by atoms with Gasteiger partial charge in [-0.3, -0.25) is 0 Å². The normalized spacial score (nSPS) is 13.1. The monoisotopic (exact) mass is 760 g/mol. The highest BCUT2D eigenvalue weighted by Crippen LogP contribution is 2.47. The summed E-state index contributed by atoms with van der Waals surface area (Å²) < 4.78 is 12.8. The Morgan fingerprint density at radius 3 is 1.74 bits per heavy atom. The summed E-state index contributed by atoms with van der Waals surface area (Å²) in [6.07, 6.45) is 0. The molecule has 4 nitrogen and oxygen atoms in total. The van der Waals surface area contributed by atoms with Gasteiger partial charge in [0.05, 0.1) is 5.60 Å². The first-order valence-electron chi connectivity index (χ1n) is 19.1. The SMILES string of the molecule is CC(C)(O)c1ccccc1-c1cccc2oc3cc(-c4cccc(C(O)(c5ccccc5)c5cc(Cl)ccc5-c5cccc6oc7ccccc7c56)c4)ccc3c12. The van der Waals surface area contributed by atoms with Crippen LogP contribution in [0.4, 0.5) is 0 Å². The molecule has 0 bridgehead atoms. The van der Waals surface area contributed by atoms with Crippen LogP contribution < -0.4 is 0 Å². The van der Waals surface area contributed by atoms with Gasteiger partial charge in [-0.05, 0) is 112 Å². The van der Waals surface area contributed by atoms with Crippen LogP contribution in [0.5, 0.6) is 0 Å². The highest BCUT2D eigenvalue weighted by Gasteiger charge is 2.37. The first-order valence-corrected chi connectivity index (χ1v) is 19.4. The number of halogens is 1. The van der Waals surface area contributed by atoms with Crippen molar-refractivity contribution in [1.29, 1.82) is 0 Å². The molecule has 0 fully saturated rings. The summed E-state index contributed by atoms with van der Waals surface area (Å²) in [5.74, 6) is 0. The predicted molar refractivity (Wildman–Crippen MR) is 233 cm³/mol. The maximum absolute atomic E-state index is 13.5. The van der Waals surface area contributed by atoms with E-state index in [1.165, 1.54) is 0 Å². The Bertz CT molecular complexity index is 3150. The number of fused-ring (bicyclic) bond motifs is 6. The summed E-state index contributed by atoms with van der Waals surface area (Å²) in [5.41, 5.74) is 8.99. The fourth-order valence-electron chi connectivity index (χ4n) is 8.61. The molecule has 10 aromatic rings. The largest absolute Gasteiger partial charge is 0.456 e. The van der Waals surface area contributed by atoms with Gasteiger partial charge in [-0.1, -0.05) is 139 Å². The van der Waals surface area contributed by atoms with Crippen molar-refractivity contribution in [2.24, 2.45) is 0 Å². The summed E-state index contributed by atoms with van der Waals surface area (Å²) >= 11 is 6.82. The second kappa shape index (κ2) is 13.4. The minimum Gasteiger partial charge on any atom is -0.456 e. The van der Waals surface area contributed by atoms with Crippen molar-refractivity contribution in [2.45, 2.75) is 25.0 Å². The van der Waals surface area contributed by atoms with Gasteiger partial charge in [-0.2, -0.15) is 0 Å². The van der Waals surface area contributed by atoms with Crippen molar-refractivity contribution in [1.82, 2.24) is 0 Å². The average molecular weight is 761 g/mol. The van der Waals surface area contributed by atoms with Crippen molar-refractivity contribution in [3.8, 4) is 33.4 Å². The molecule has 0 aliphatic rings. The number of hydrogen-bond acceptors (Lipinski definition) is 4. The number of benzene rings is 8. The molecule has 1 atom stereocenters. The molecule has 0 aliphatic heterocycles. The van der Waals surface area contributed by atoms with E-state index in [1.54, 1.807) is 0 Å². The standard InChI is InChI=1S/C52H37ClO4/c1-51(2,54)43-21-8-6-17-37(43)39-19-11-24-47-50(39)42-27-25-33(30-48(42)57-47)32-13-10-16-35(29-32)52(55,34-14-4-3-5-15-34)44-31-36(53)26-28-38(44)40-20-12-23-46-49(40)41-18-7-9-22-45(41)56-46/h3-31,54-55H,1-2H3. The Labute approximate surface area is 334 Å². The minimum atomic E-state index is -1.61. The molecule has 0 amide bonds. The number of aliphatic hydroxyl groups is 2. The molecular formula is C52H37ClO4. The molecule has 2 heterocycles. The van der Waals surface area contributed by atoms with Crippen molar-refractivity contribution in [3.63, 3.8) is 0 Å². The number of furan rings is 2. The predicted octanol–water partition coefficient (Wildman–Crippen LogP) is 13.7. The number of rotatable bonds is 7. The summed E-state index contributed by atoms with van der Waals surface area (Å²) in [6.45, 7) is 3.63. The van der Waals surface area contributed by atoms with Gasteiger partial charge >= 0.3 is 0 Å². The van der Waals surface area contributed by atoms with Gasteiger partial charge in [0, 0.05) is 32.1 Å². The van der Waals surface area contributed by atoms with Gasteiger partial charge in [-0.15, -0.1) is 0 Å². The molecule has 2 aromatic heterocycles. The second-order valence-electron chi connectivity index (χ2n) is 15.2. The smallest absolute Gasteiger partial charge is 0.141 e. The number of hydrogen-bond donors (Lipinski definition) is 2. The van der Waals surface area contributed by atoms with Crippen molar-refractivity contribution in [3.05, 3.63) is 203 Å². The van der Waals surface area contributed by atoms with E-state index in [0.29, 0.717) is 21.7 Å². The molecule has 57 heavy (non-hydrogen) atoms. The van der Waals surface area contributed by atoms with Gasteiger partial charge in [0.2, 0.25) is 0 Å². The van der Waals surface area contributed by atoms with E-state index < -0.39 is 11.2 Å². The van der Waals surface area contributed by atoms with Gasteiger partial charge in [0.1, 0.15) is 27.9 Å². The lowest BCUT2D eigenvalue weighted by Crippen LogP contribution is -2.29. The zero-order valence-corrected chi connectivity index (χ0v) is 32.1. The zero-order valence-electron chi connectivity index (χ0n) is 31.3. The molecule has 5 heteroatoms. The molecule has 1 unspecified atom stereocenters. The minimum absolute atomic E-state index is 0.517. The Kier molecular flexibility index (Phi) is 8.21. The Morgan fingerprint density at radius 2 is 0.982 bits per heavy atom. The van der Waals surface area contributed by atoms with Crippen LogP contribution >= 0.6 is 11.6 Å². The summed E-state index contributed by atoms with van der Waals surface area (Å²) in [5, 5.41) is 29.0. The second-order valence-corrected chi connectivity index (χ2v) is 15.7. The molecule has 0 saturated carbocycles. The van der Waals surface area contributed by atoms with Crippen molar-refractivity contribution < 1.29 is 19.0 Å². The molecule has 2 N–H and O–H groups in total. The van der Waals surface area contributed by atoms with E-state index in [4.69, 9.17) is 20.4 Å². The van der Waals surface area contributed by atoms with Crippen LogP contribution in [0.1, 0.15) is 36.1 Å². The molecule has 0 radical (unpaired) electrons. The molecule has 0 aliphatic carbocycles. The van der Waals surface area contributed by atoms with Crippen LogP contribution in [0.25, 0.3) is 77.3 Å². The van der Waals surface area contributed by atoms with Gasteiger partial charge in [0.25, 0.3) is 0 Å². The van der Waals surface area contributed by atoms with Gasteiger partial charge < -0.3 is 19.0 Å². The van der Waals surface area contributed by atoms with Crippen molar-refractivity contribution >= 4 is 55.5 Å². The zero-order chi connectivity index (χ0) is 38.9. The first-order chi connectivity index (χ1) is 27.7. The van der Waals surface area contributed by atoms with E-state index in [2.05, 4.69) is 54.6 Å². The molecule has 0 spiro atoms. The van der Waals surface area contributed by atoms with Crippen LogP contribution in [-0.4, -0.2) is 10.2 Å². The third-order valence-corrected chi connectivity index (χ3v) is 11.5. The topological polar surface area (TPSA) is 66.7 Å². The van der Waals surface area contributed by atoms with Crippen LogP contribution in [0, 0.1) is 0 Å². The molecule has 276 valence electrons. The molecule has 0 saturated heterocycles. The quantitative estimate of drug-likeness (QED) is 0.159. The lowest BCUT2D eigenvalue weighted by molar-refractivity contribution is 0.0792. The molecule has 10 rings (SSSR count). The fraction of sp³-hybridized carbons (Fsp3) is 0.0769. The van der Waals surface area contributed by atoms with Crippen molar-refractivity contribution in [2.75, 3.05) is 0 Å². The lowest BCUT2D eigenvalue weighted by Gasteiger charge is -2.33. The van der Waals surface area contributed by atoms with E-state index in [0.717, 1.165) is 82.8 Å². The first kappa shape index (κ1) is 35.0. The van der Waals surface area contributed by atoms with E-state index in [1.807, 2.05) is 135 Å². The summed E-state index contributed by atoms with van der Waals surface area (Å²) in [6, 6.07) is 58.0. The summed E-state index contributed by atoms with van der Waals surface area (Å²) in [4.78, 5) is 0. The fourth-order valence-corrected chi connectivity index (χ4v) is 8.78. The van der Waals surface area contributed by atoms with Crippen LogP contribution in [0.2, 0.25) is 5.02 Å². The maximum Gasteiger partial charge on any atom is 0.141 e. The highest BCUT2D eigenvalue weighted by molar-refractivity contribution is 6.30. The summed E-state index contributed by atoms with van der Waals surface area (Å²) in [7, 11) is 0. The van der Waals surface area contributed by atoms with Crippen LogP contribution in [-0.2, 0) is 11.2 Å². The number of para-hydroxylation sites is 1. The maximum atomic E-state index is 13.5. The highest BCUT2D eigenvalue weighted by atomic mass is 35.5. The third kappa shape index (κ3) is 5.76. The van der Waals surface area contributed by atoms with E-state index in [9.17, 15) is 10.2 Å². The van der Waals surface area contributed by atoms with E-state index >= 15 is 0 Å². The Balaban J connectivity index is 1.14. The average Bonchev–Trinajstić information content (AvgIpc) is 3.82. The van der Waals surface area contributed by atoms with Crippen LogP contribution in [0.3, 0.4) is 0 Å². The van der Waals surface area contributed by atoms with E-state index in [-0.39, 0.29) is 0 Å². The molecule has 8 aromatic carbocycles. The van der Waals surface area contributed by atoms with Gasteiger partial charge in [0.15, 0.2) is 0 Å². The lowest BCUT2D eigenvalue weighted by atomic mass is 9.76. The molecular weight excluding hydrogens is 724 g/mol. The third-order valence-electron chi connectivity index (χ3n) is 11.2. The Morgan fingerprint density at radius 1 is 0.421 bits per heavy atom. The Hall–Kier alpha value is -6.43. The van der Waals surface area contributed by atoms with Gasteiger partial charge in [-0.25, -0.2) is 0 Å².